The second kappa shape index (κ2) is 6.56. The third-order valence-electron chi connectivity index (χ3n) is 2.12. The minimum atomic E-state index is -0.564. The fourth-order valence-corrected chi connectivity index (χ4v) is 1.31. The van der Waals surface area contributed by atoms with E-state index in [4.69, 9.17) is 9.47 Å². The van der Waals surface area contributed by atoms with Gasteiger partial charge in [-0.05, 0) is 12.5 Å². The molecule has 0 saturated heterocycles. The van der Waals surface area contributed by atoms with Gasteiger partial charge in [0.25, 0.3) is 0 Å². The highest BCUT2D eigenvalue weighted by molar-refractivity contribution is 5.17. The first-order valence-electron chi connectivity index (χ1n) is 5.07. The molecular formula is C12H18O3. The SMILES string of the molecule is COCC(C)OCC(O)c1ccccc1. The minimum absolute atomic E-state index is 0.00774. The molecule has 15 heavy (non-hydrogen) atoms. The van der Waals surface area contributed by atoms with Crippen molar-refractivity contribution in [2.75, 3.05) is 20.3 Å². The van der Waals surface area contributed by atoms with Crippen molar-refractivity contribution in [1.29, 1.82) is 0 Å². The smallest absolute Gasteiger partial charge is 0.102 e. The Kier molecular flexibility index (Phi) is 5.32. The Morgan fingerprint density at radius 2 is 1.87 bits per heavy atom. The fraction of sp³-hybridized carbons (Fsp3) is 0.500. The molecule has 0 aliphatic heterocycles. The summed E-state index contributed by atoms with van der Waals surface area (Å²) >= 11 is 0. The van der Waals surface area contributed by atoms with Crippen LogP contribution in [0.4, 0.5) is 0 Å². The molecular weight excluding hydrogens is 192 g/mol. The lowest BCUT2D eigenvalue weighted by atomic mass is 10.1. The maximum atomic E-state index is 9.77. The molecule has 0 amide bonds. The van der Waals surface area contributed by atoms with E-state index in [0.29, 0.717) is 13.2 Å². The number of rotatable bonds is 6. The monoisotopic (exact) mass is 210 g/mol. The van der Waals surface area contributed by atoms with Gasteiger partial charge in [-0.25, -0.2) is 0 Å². The molecule has 0 heterocycles. The van der Waals surface area contributed by atoms with Gasteiger partial charge in [0.05, 0.1) is 19.3 Å². The molecule has 2 atom stereocenters. The van der Waals surface area contributed by atoms with Gasteiger partial charge < -0.3 is 14.6 Å². The highest BCUT2D eigenvalue weighted by Gasteiger charge is 2.09. The van der Waals surface area contributed by atoms with Gasteiger partial charge in [-0.2, -0.15) is 0 Å². The molecule has 84 valence electrons. The van der Waals surface area contributed by atoms with Crippen molar-refractivity contribution < 1.29 is 14.6 Å². The van der Waals surface area contributed by atoms with Crippen molar-refractivity contribution in [3.05, 3.63) is 35.9 Å². The average molecular weight is 210 g/mol. The number of aliphatic hydroxyl groups is 1. The second-order valence-electron chi connectivity index (χ2n) is 3.53. The topological polar surface area (TPSA) is 38.7 Å². The van der Waals surface area contributed by atoms with Crippen LogP contribution in [0.3, 0.4) is 0 Å². The zero-order chi connectivity index (χ0) is 11.1. The molecule has 0 aliphatic rings. The third kappa shape index (κ3) is 4.42. The van der Waals surface area contributed by atoms with E-state index >= 15 is 0 Å². The summed E-state index contributed by atoms with van der Waals surface area (Å²) in [6.45, 7) is 2.76. The predicted molar refractivity (Wildman–Crippen MR) is 58.7 cm³/mol. The first-order chi connectivity index (χ1) is 7.24. The van der Waals surface area contributed by atoms with E-state index in [-0.39, 0.29) is 6.10 Å². The van der Waals surface area contributed by atoms with Gasteiger partial charge in [0, 0.05) is 7.11 Å². The molecule has 0 aliphatic carbocycles. The van der Waals surface area contributed by atoms with Crippen LogP contribution < -0.4 is 0 Å². The van der Waals surface area contributed by atoms with Crippen molar-refractivity contribution in [3.8, 4) is 0 Å². The lowest BCUT2D eigenvalue weighted by Crippen LogP contribution is -2.18. The van der Waals surface area contributed by atoms with Crippen LogP contribution in [-0.2, 0) is 9.47 Å². The van der Waals surface area contributed by atoms with E-state index in [1.165, 1.54) is 0 Å². The fourth-order valence-electron chi connectivity index (χ4n) is 1.31. The van der Waals surface area contributed by atoms with Crippen molar-refractivity contribution in [3.63, 3.8) is 0 Å². The summed E-state index contributed by atoms with van der Waals surface area (Å²) in [5.41, 5.74) is 0.877. The standard InChI is InChI=1S/C12H18O3/c1-10(8-14-2)15-9-12(13)11-6-4-3-5-7-11/h3-7,10,12-13H,8-9H2,1-2H3. The first-order valence-corrected chi connectivity index (χ1v) is 5.07. The summed E-state index contributed by atoms with van der Waals surface area (Å²) in [7, 11) is 1.63. The summed E-state index contributed by atoms with van der Waals surface area (Å²) in [6.07, 6.45) is -0.557. The molecule has 3 nitrogen and oxygen atoms in total. The molecule has 0 spiro atoms. The van der Waals surface area contributed by atoms with E-state index in [9.17, 15) is 5.11 Å². The van der Waals surface area contributed by atoms with Crippen molar-refractivity contribution in [2.24, 2.45) is 0 Å². The van der Waals surface area contributed by atoms with Crippen LogP contribution >= 0.6 is 0 Å². The van der Waals surface area contributed by atoms with E-state index in [0.717, 1.165) is 5.56 Å². The molecule has 0 bridgehead atoms. The summed E-state index contributed by atoms with van der Waals surface area (Å²) in [4.78, 5) is 0. The Morgan fingerprint density at radius 3 is 2.47 bits per heavy atom. The Bertz CT molecular complexity index is 261. The first kappa shape index (κ1) is 12.2. The number of benzene rings is 1. The molecule has 1 aromatic rings. The van der Waals surface area contributed by atoms with Gasteiger partial charge in [0.2, 0.25) is 0 Å². The largest absolute Gasteiger partial charge is 0.386 e. The molecule has 0 fully saturated rings. The van der Waals surface area contributed by atoms with Gasteiger partial charge in [-0.3, -0.25) is 0 Å². The number of hydrogen-bond donors (Lipinski definition) is 1. The van der Waals surface area contributed by atoms with Gasteiger partial charge in [-0.1, -0.05) is 30.3 Å². The highest BCUT2D eigenvalue weighted by Crippen LogP contribution is 2.12. The van der Waals surface area contributed by atoms with Crippen LogP contribution in [0.5, 0.6) is 0 Å². The number of methoxy groups -OCH3 is 1. The molecule has 0 saturated carbocycles. The van der Waals surface area contributed by atoms with Crippen molar-refractivity contribution >= 4 is 0 Å². The van der Waals surface area contributed by atoms with Crippen LogP contribution in [0.2, 0.25) is 0 Å². The van der Waals surface area contributed by atoms with Gasteiger partial charge in [-0.15, -0.1) is 0 Å². The summed E-state index contributed by atoms with van der Waals surface area (Å²) in [5.74, 6) is 0. The predicted octanol–water partition coefficient (Wildman–Crippen LogP) is 1.77. The Labute approximate surface area is 90.6 Å². The molecule has 1 N–H and O–H groups in total. The zero-order valence-corrected chi connectivity index (χ0v) is 9.22. The zero-order valence-electron chi connectivity index (χ0n) is 9.22. The van der Waals surface area contributed by atoms with Crippen LogP contribution in [0.15, 0.2) is 30.3 Å². The quantitative estimate of drug-likeness (QED) is 0.777. The lowest BCUT2D eigenvalue weighted by molar-refractivity contribution is -0.0325. The van der Waals surface area contributed by atoms with E-state index in [2.05, 4.69) is 0 Å². The van der Waals surface area contributed by atoms with Crippen molar-refractivity contribution in [1.82, 2.24) is 0 Å². The Hall–Kier alpha value is -0.900. The van der Waals surface area contributed by atoms with Crippen LogP contribution in [0, 0.1) is 0 Å². The Morgan fingerprint density at radius 1 is 1.20 bits per heavy atom. The van der Waals surface area contributed by atoms with Gasteiger partial charge >= 0.3 is 0 Å². The number of ether oxygens (including phenoxy) is 2. The summed E-state index contributed by atoms with van der Waals surface area (Å²) in [5, 5.41) is 9.77. The molecule has 0 aromatic heterocycles. The molecule has 1 rings (SSSR count). The maximum absolute atomic E-state index is 9.77. The van der Waals surface area contributed by atoms with Crippen molar-refractivity contribution in [2.45, 2.75) is 19.1 Å². The minimum Gasteiger partial charge on any atom is -0.386 e. The maximum Gasteiger partial charge on any atom is 0.102 e. The molecule has 0 radical (unpaired) electrons. The molecule has 3 heteroatoms. The van der Waals surface area contributed by atoms with Crippen LogP contribution in [0.1, 0.15) is 18.6 Å². The van der Waals surface area contributed by atoms with E-state index in [1.807, 2.05) is 37.3 Å². The molecule has 1 aromatic carbocycles. The van der Waals surface area contributed by atoms with Gasteiger partial charge in [0.15, 0.2) is 0 Å². The highest BCUT2D eigenvalue weighted by atomic mass is 16.5. The van der Waals surface area contributed by atoms with Gasteiger partial charge in [0.1, 0.15) is 6.10 Å². The number of hydrogen-bond acceptors (Lipinski definition) is 3. The number of aliphatic hydroxyl groups excluding tert-OH is 1. The average Bonchev–Trinajstić information content (AvgIpc) is 2.27. The Balaban J connectivity index is 2.33. The van der Waals surface area contributed by atoms with Crippen LogP contribution in [-0.4, -0.2) is 31.5 Å². The molecule has 2 unspecified atom stereocenters. The van der Waals surface area contributed by atoms with Crippen LogP contribution in [0.25, 0.3) is 0 Å². The third-order valence-corrected chi connectivity index (χ3v) is 2.12. The van der Waals surface area contributed by atoms with E-state index in [1.54, 1.807) is 7.11 Å². The normalized spacial score (nSPS) is 14.9. The second-order valence-corrected chi connectivity index (χ2v) is 3.53. The van der Waals surface area contributed by atoms with E-state index < -0.39 is 6.10 Å². The summed E-state index contributed by atoms with van der Waals surface area (Å²) in [6, 6.07) is 9.49. The summed E-state index contributed by atoms with van der Waals surface area (Å²) < 4.78 is 10.4. The lowest BCUT2D eigenvalue weighted by Gasteiger charge is -2.15.